The highest BCUT2D eigenvalue weighted by molar-refractivity contribution is 5.89. The lowest BCUT2D eigenvalue weighted by atomic mass is 10.2. The lowest BCUT2D eigenvalue weighted by molar-refractivity contribution is 0.0972. The van der Waals surface area contributed by atoms with E-state index in [9.17, 15) is 4.79 Å². The first kappa shape index (κ1) is 17.3. The average molecular weight is 353 g/mol. The molecule has 3 aromatic rings. The van der Waals surface area contributed by atoms with Gasteiger partial charge in [0.25, 0.3) is 5.91 Å². The molecule has 4 N–H and O–H groups in total. The van der Waals surface area contributed by atoms with Crippen LogP contribution < -0.4 is 16.4 Å². The Balaban J connectivity index is 1.53. The van der Waals surface area contributed by atoms with E-state index in [0.29, 0.717) is 30.7 Å². The van der Waals surface area contributed by atoms with Crippen LogP contribution >= 0.6 is 0 Å². The summed E-state index contributed by atoms with van der Waals surface area (Å²) in [5.74, 6) is 1.24. The summed E-state index contributed by atoms with van der Waals surface area (Å²) in [6.07, 6.45) is 1.61. The Hall–Kier alpha value is -3.55. The number of nitrogens with one attached hydrogen (secondary N) is 2. The molecule has 1 aromatic carbocycles. The van der Waals surface area contributed by atoms with Crippen molar-refractivity contribution in [2.45, 2.75) is 13.1 Å². The Kier molecular flexibility index (Phi) is 5.33. The molecule has 8 nitrogen and oxygen atoms in total. The molecule has 1 amide bonds. The summed E-state index contributed by atoms with van der Waals surface area (Å²) >= 11 is 0. The number of carbonyl (C=O) groups is 1. The van der Waals surface area contributed by atoms with E-state index in [-0.39, 0.29) is 5.76 Å². The maximum atomic E-state index is 11.0. The van der Waals surface area contributed by atoms with E-state index in [2.05, 4.69) is 20.6 Å². The number of nitrogens with two attached hydrogens (primary N) is 1. The number of benzene rings is 1. The van der Waals surface area contributed by atoms with Gasteiger partial charge in [-0.1, -0.05) is 18.2 Å². The van der Waals surface area contributed by atoms with Crippen LogP contribution in [0.5, 0.6) is 0 Å². The standard InChI is InChI=1S/C18H19N5O3/c1-20-18(22-10-14-7-8-15(26-14)16(19)24)21-9-13-11-25-17(23-13)12-5-3-2-4-6-12/h2-8,11H,9-10H2,1H3,(H2,19,24)(H2,20,21,22). The summed E-state index contributed by atoms with van der Waals surface area (Å²) in [5, 5.41) is 6.21. The van der Waals surface area contributed by atoms with Crippen molar-refractivity contribution in [3.63, 3.8) is 0 Å². The number of hydrogen-bond donors (Lipinski definition) is 3. The zero-order valence-corrected chi connectivity index (χ0v) is 14.2. The number of primary amides is 1. The van der Waals surface area contributed by atoms with E-state index in [4.69, 9.17) is 14.6 Å². The van der Waals surface area contributed by atoms with Crippen molar-refractivity contribution in [3.05, 3.63) is 65.9 Å². The second kappa shape index (κ2) is 8.02. The first-order valence-corrected chi connectivity index (χ1v) is 7.98. The van der Waals surface area contributed by atoms with Gasteiger partial charge < -0.3 is 25.2 Å². The maximum absolute atomic E-state index is 11.0. The highest BCUT2D eigenvalue weighted by Gasteiger charge is 2.09. The van der Waals surface area contributed by atoms with Crippen LogP contribution in [0.2, 0.25) is 0 Å². The lowest BCUT2D eigenvalue weighted by Crippen LogP contribution is -2.36. The van der Waals surface area contributed by atoms with Gasteiger partial charge in [0.05, 0.1) is 18.8 Å². The summed E-state index contributed by atoms with van der Waals surface area (Å²) in [6, 6.07) is 12.9. The van der Waals surface area contributed by atoms with E-state index < -0.39 is 5.91 Å². The van der Waals surface area contributed by atoms with Crippen molar-refractivity contribution in [1.29, 1.82) is 0 Å². The van der Waals surface area contributed by atoms with Crippen molar-refractivity contribution < 1.29 is 13.6 Å². The van der Waals surface area contributed by atoms with E-state index in [1.165, 1.54) is 6.07 Å². The van der Waals surface area contributed by atoms with Crippen molar-refractivity contribution in [1.82, 2.24) is 15.6 Å². The fourth-order valence-electron chi connectivity index (χ4n) is 2.27. The molecular weight excluding hydrogens is 334 g/mol. The van der Waals surface area contributed by atoms with Gasteiger partial charge in [0, 0.05) is 12.6 Å². The van der Waals surface area contributed by atoms with Gasteiger partial charge in [-0.2, -0.15) is 0 Å². The first-order chi connectivity index (χ1) is 12.7. The fraction of sp³-hybridized carbons (Fsp3) is 0.167. The number of aliphatic imine (C=N–C) groups is 1. The third kappa shape index (κ3) is 4.29. The smallest absolute Gasteiger partial charge is 0.284 e. The molecule has 0 radical (unpaired) electrons. The number of nitrogens with zero attached hydrogens (tertiary/aromatic N) is 2. The van der Waals surface area contributed by atoms with E-state index in [0.717, 1.165) is 11.3 Å². The SMILES string of the molecule is CN=C(NCc1coc(-c2ccccc2)n1)NCc1ccc(C(N)=O)o1. The van der Waals surface area contributed by atoms with Gasteiger partial charge in [-0.15, -0.1) is 0 Å². The number of guanidine groups is 1. The molecule has 134 valence electrons. The lowest BCUT2D eigenvalue weighted by Gasteiger charge is -2.09. The van der Waals surface area contributed by atoms with Crippen molar-refractivity contribution in [3.8, 4) is 11.5 Å². The van der Waals surface area contributed by atoms with Crippen LogP contribution in [-0.4, -0.2) is 23.9 Å². The van der Waals surface area contributed by atoms with Crippen LogP contribution in [0.4, 0.5) is 0 Å². The number of furan rings is 1. The average Bonchev–Trinajstić information content (AvgIpc) is 3.32. The van der Waals surface area contributed by atoms with Gasteiger partial charge in [-0.25, -0.2) is 4.98 Å². The number of aromatic nitrogens is 1. The maximum Gasteiger partial charge on any atom is 0.284 e. The normalized spacial score (nSPS) is 11.3. The highest BCUT2D eigenvalue weighted by Crippen LogP contribution is 2.17. The van der Waals surface area contributed by atoms with Gasteiger partial charge in [0.1, 0.15) is 12.0 Å². The minimum atomic E-state index is -0.598. The van der Waals surface area contributed by atoms with Gasteiger partial charge >= 0.3 is 0 Å². The molecule has 3 rings (SSSR count). The number of hydrogen-bond acceptors (Lipinski definition) is 5. The quantitative estimate of drug-likeness (QED) is 0.460. The molecule has 8 heteroatoms. The largest absolute Gasteiger partial charge is 0.454 e. The third-order valence-corrected chi connectivity index (χ3v) is 3.57. The van der Waals surface area contributed by atoms with E-state index in [1.54, 1.807) is 19.4 Å². The molecule has 0 aliphatic heterocycles. The molecule has 0 saturated heterocycles. The minimum absolute atomic E-state index is 0.126. The number of rotatable bonds is 6. The second-order valence-electron chi connectivity index (χ2n) is 5.42. The Morgan fingerprint density at radius 2 is 1.92 bits per heavy atom. The van der Waals surface area contributed by atoms with Crippen LogP contribution in [0, 0.1) is 0 Å². The van der Waals surface area contributed by atoms with Gasteiger partial charge in [-0.3, -0.25) is 9.79 Å². The Morgan fingerprint density at radius 3 is 2.62 bits per heavy atom. The van der Waals surface area contributed by atoms with Gasteiger partial charge in [-0.05, 0) is 24.3 Å². The molecule has 0 fully saturated rings. The summed E-state index contributed by atoms with van der Waals surface area (Å²) in [4.78, 5) is 19.6. The number of carbonyl (C=O) groups excluding carboxylic acids is 1. The summed E-state index contributed by atoms with van der Waals surface area (Å²) in [5.41, 5.74) is 6.83. The molecule has 0 aliphatic carbocycles. The Bertz CT molecular complexity index is 898. The van der Waals surface area contributed by atoms with Crippen LogP contribution in [0.1, 0.15) is 22.0 Å². The summed E-state index contributed by atoms with van der Waals surface area (Å²) in [7, 11) is 1.66. The molecule has 0 unspecified atom stereocenters. The topological polar surface area (TPSA) is 119 Å². The van der Waals surface area contributed by atoms with Crippen molar-refractivity contribution in [2.75, 3.05) is 7.05 Å². The molecule has 0 aliphatic rings. The van der Waals surface area contributed by atoms with Crippen LogP contribution in [-0.2, 0) is 13.1 Å². The van der Waals surface area contributed by atoms with Crippen LogP contribution in [0.25, 0.3) is 11.5 Å². The van der Waals surface area contributed by atoms with E-state index in [1.807, 2.05) is 30.3 Å². The fourth-order valence-corrected chi connectivity index (χ4v) is 2.27. The Labute approximate surface area is 150 Å². The predicted octanol–water partition coefficient (Wildman–Crippen LogP) is 1.90. The highest BCUT2D eigenvalue weighted by atomic mass is 16.4. The summed E-state index contributed by atoms with van der Waals surface area (Å²) < 4.78 is 10.8. The molecule has 2 heterocycles. The van der Waals surface area contributed by atoms with Crippen molar-refractivity contribution >= 4 is 11.9 Å². The third-order valence-electron chi connectivity index (χ3n) is 3.57. The van der Waals surface area contributed by atoms with Gasteiger partial charge in [0.15, 0.2) is 11.7 Å². The molecule has 0 saturated carbocycles. The monoisotopic (exact) mass is 353 g/mol. The molecular formula is C18H19N5O3. The minimum Gasteiger partial charge on any atom is -0.454 e. The van der Waals surface area contributed by atoms with Crippen LogP contribution in [0.3, 0.4) is 0 Å². The second-order valence-corrected chi connectivity index (χ2v) is 5.42. The summed E-state index contributed by atoms with van der Waals surface area (Å²) in [6.45, 7) is 0.807. The Morgan fingerprint density at radius 1 is 1.15 bits per heavy atom. The van der Waals surface area contributed by atoms with E-state index >= 15 is 0 Å². The molecule has 0 bridgehead atoms. The molecule has 26 heavy (non-hydrogen) atoms. The molecule has 2 aromatic heterocycles. The van der Waals surface area contributed by atoms with Crippen LogP contribution in [0.15, 0.2) is 62.6 Å². The molecule has 0 atom stereocenters. The molecule has 0 spiro atoms. The van der Waals surface area contributed by atoms with Gasteiger partial charge in [0.2, 0.25) is 5.89 Å². The number of amides is 1. The number of oxazole rings is 1. The zero-order valence-electron chi connectivity index (χ0n) is 14.2. The predicted molar refractivity (Wildman–Crippen MR) is 96.2 cm³/mol. The van der Waals surface area contributed by atoms with Crippen molar-refractivity contribution in [2.24, 2.45) is 10.7 Å². The first-order valence-electron chi connectivity index (χ1n) is 7.98. The zero-order chi connectivity index (χ0) is 18.4.